The Labute approximate surface area is 222 Å². The number of nitrogens with zero attached hydrogens (tertiary/aromatic N) is 4. The molecular formula is C27H26ClF3N6O. The van der Waals surface area contributed by atoms with Gasteiger partial charge in [-0.05, 0) is 37.1 Å². The molecule has 1 aliphatic rings. The largest absolute Gasteiger partial charge is 0.390 e. The molecule has 0 bridgehead atoms. The molecule has 4 aromatic rings. The van der Waals surface area contributed by atoms with Crippen LogP contribution in [0, 0.1) is 0 Å². The van der Waals surface area contributed by atoms with Crippen LogP contribution in [0.15, 0.2) is 54.9 Å². The number of halogens is 4. The fraction of sp³-hybridized carbons (Fsp3) is 0.296. The highest BCUT2D eigenvalue weighted by Crippen LogP contribution is 2.31. The van der Waals surface area contributed by atoms with Gasteiger partial charge in [0.2, 0.25) is 0 Å². The molecule has 1 fully saturated rings. The van der Waals surface area contributed by atoms with E-state index in [4.69, 9.17) is 11.6 Å². The predicted molar refractivity (Wildman–Crippen MR) is 143 cm³/mol. The minimum Gasteiger partial charge on any atom is -0.378 e. The lowest BCUT2D eigenvalue weighted by molar-refractivity contribution is -0.131. The first-order valence-corrected chi connectivity index (χ1v) is 12.5. The monoisotopic (exact) mass is 542 g/mol. The van der Waals surface area contributed by atoms with Crippen molar-refractivity contribution < 1.29 is 18.0 Å². The minimum atomic E-state index is -4.30. The van der Waals surface area contributed by atoms with Gasteiger partial charge in [-0.3, -0.25) is 9.20 Å². The Balaban J connectivity index is 1.54. The maximum atomic E-state index is 12.8. The Hall–Kier alpha value is -3.79. The molecule has 1 saturated carbocycles. The molecule has 0 atom stereocenters. The van der Waals surface area contributed by atoms with Crippen LogP contribution in [0.5, 0.6) is 0 Å². The number of carbonyl (C=O) groups excluding carboxylic acids is 1. The van der Waals surface area contributed by atoms with Crippen molar-refractivity contribution in [2.75, 3.05) is 30.9 Å². The number of alkyl halides is 3. The summed E-state index contributed by atoms with van der Waals surface area (Å²) >= 11 is 6.48. The second-order valence-electron chi connectivity index (χ2n) is 9.49. The molecule has 7 nitrogen and oxygen atoms in total. The number of benzene rings is 2. The number of hydrogen-bond acceptors (Lipinski definition) is 5. The van der Waals surface area contributed by atoms with Crippen LogP contribution in [0.3, 0.4) is 0 Å². The minimum absolute atomic E-state index is 0.206. The summed E-state index contributed by atoms with van der Waals surface area (Å²) in [6.07, 6.45) is 0.0387. The highest BCUT2D eigenvalue weighted by atomic mass is 35.5. The second kappa shape index (κ2) is 10.2. The number of aromatic nitrogens is 3. The quantitative estimate of drug-likeness (QED) is 0.284. The second-order valence-corrected chi connectivity index (χ2v) is 9.89. The van der Waals surface area contributed by atoms with Crippen LogP contribution in [-0.2, 0) is 0 Å². The van der Waals surface area contributed by atoms with E-state index < -0.39 is 12.6 Å². The normalized spacial score (nSPS) is 13.5. The first-order chi connectivity index (χ1) is 18.1. The summed E-state index contributed by atoms with van der Waals surface area (Å²) in [6, 6.07) is 13.0. The average Bonchev–Trinajstić information content (AvgIpc) is 3.57. The number of carbonyl (C=O) groups is 1. The lowest BCUT2D eigenvalue weighted by Crippen LogP contribution is -2.25. The van der Waals surface area contributed by atoms with E-state index in [9.17, 15) is 18.0 Å². The molecule has 2 aromatic heterocycles. The molecule has 0 saturated heterocycles. The Kier molecular flexibility index (Phi) is 6.92. The number of nitrogens with one attached hydrogen (secondary N) is 2. The summed E-state index contributed by atoms with van der Waals surface area (Å²) in [7, 11) is 3.87. The van der Waals surface area contributed by atoms with Crippen molar-refractivity contribution in [1.29, 1.82) is 0 Å². The van der Waals surface area contributed by atoms with Gasteiger partial charge in [0.25, 0.3) is 5.91 Å². The maximum Gasteiger partial charge on any atom is 0.390 e. The predicted octanol–water partition coefficient (Wildman–Crippen LogP) is 6.04. The lowest BCUT2D eigenvalue weighted by atomic mass is 10.1. The number of anilines is 2. The van der Waals surface area contributed by atoms with Crippen LogP contribution in [0.1, 0.15) is 29.6 Å². The average molecular weight is 543 g/mol. The Morgan fingerprint density at radius 1 is 1.13 bits per heavy atom. The van der Waals surface area contributed by atoms with Crippen molar-refractivity contribution in [3.8, 4) is 22.5 Å². The van der Waals surface area contributed by atoms with Crippen molar-refractivity contribution in [3.63, 3.8) is 0 Å². The van der Waals surface area contributed by atoms with E-state index in [0.717, 1.165) is 24.1 Å². The molecule has 1 amide bonds. The Bertz CT molecular complexity index is 1480. The van der Waals surface area contributed by atoms with E-state index in [1.807, 2.05) is 43.3 Å². The van der Waals surface area contributed by atoms with Crippen LogP contribution < -0.4 is 15.5 Å². The van der Waals surface area contributed by atoms with Gasteiger partial charge < -0.3 is 15.5 Å². The van der Waals surface area contributed by atoms with Crippen LogP contribution in [0.4, 0.5) is 24.7 Å². The number of amides is 1. The van der Waals surface area contributed by atoms with Gasteiger partial charge in [0.05, 0.1) is 34.6 Å². The Morgan fingerprint density at radius 2 is 1.84 bits per heavy atom. The molecular weight excluding hydrogens is 517 g/mol. The third-order valence-corrected chi connectivity index (χ3v) is 6.61. The standard InChI is InChI=1S/C27H26ClF3N6O/c1-36(2)19-8-3-16(4-9-19)22-15-37-23(14-33-25(37)24(35-22)32-12-11-27(29,30)31)17-5-10-20(21(28)13-17)26(38)34-18-6-7-18/h3-5,8-10,13-15,18H,6-7,11-12H2,1-2H3,(H,32,35)(H,34,38). The number of fused-ring (bicyclic) bond motifs is 1. The van der Waals surface area contributed by atoms with Crippen LogP contribution in [0.25, 0.3) is 28.2 Å². The van der Waals surface area contributed by atoms with Gasteiger partial charge in [0.1, 0.15) is 0 Å². The maximum absolute atomic E-state index is 12.8. The molecule has 198 valence electrons. The summed E-state index contributed by atoms with van der Waals surface area (Å²) in [6.45, 7) is -0.339. The summed E-state index contributed by atoms with van der Waals surface area (Å²) in [5.41, 5.74) is 4.47. The molecule has 0 aliphatic heterocycles. The molecule has 1 aliphatic carbocycles. The van der Waals surface area contributed by atoms with Crippen molar-refractivity contribution in [2.24, 2.45) is 0 Å². The zero-order valence-corrected chi connectivity index (χ0v) is 21.6. The third-order valence-electron chi connectivity index (χ3n) is 6.29. The highest BCUT2D eigenvalue weighted by Gasteiger charge is 2.27. The van der Waals surface area contributed by atoms with Gasteiger partial charge in [0.15, 0.2) is 11.5 Å². The summed E-state index contributed by atoms with van der Waals surface area (Å²) in [5.74, 6) is 0.0206. The van der Waals surface area contributed by atoms with E-state index in [-0.39, 0.29) is 24.3 Å². The lowest BCUT2D eigenvalue weighted by Gasteiger charge is -2.14. The molecule has 5 rings (SSSR count). The summed E-state index contributed by atoms with van der Waals surface area (Å²) < 4.78 is 40.2. The molecule has 0 unspecified atom stereocenters. The SMILES string of the molecule is CN(C)c1ccc(-c2cn3c(-c4ccc(C(=O)NC5CC5)c(Cl)c4)cnc3c(NCCC(F)(F)F)n2)cc1. The van der Waals surface area contributed by atoms with Crippen molar-refractivity contribution in [1.82, 2.24) is 19.7 Å². The summed E-state index contributed by atoms with van der Waals surface area (Å²) in [4.78, 5) is 23.5. The topological polar surface area (TPSA) is 74.6 Å². The van der Waals surface area contributed by atoms with Crippen molar-refractivity contribution in [3.05, 3.63) is 65.4 Å². The molecule has 0 radical (unpaired) electrons. The molecule has 2 aromatic carbocycles. The molecule has 2 heterocycles. The van der Waals surface area contributed by atoms with E-state index >= 15 is 0 Å². The number of imidazole rings is 1. The van der Waals surface area contributed by atoms with E-state index in [1.54, 1.807) is 35.0 Å². The van der Waals surface area contributed by atoms with Gasteiger partial charge in [-0.1, -0.05) is 29.8 Å². The van der Waals surface area contributed by atoms with E-state index in [2.05, 4.69) is 20.6 Å². The number of hydrogen-bond donors (Lipinski definition) is 2. The highest BCUT2D eigenvalue weighted by molar-refractivity contribution is 6.34. The fourth-order valence-electron chi connectivity index (χ4n) is 4.06. The molecule has 38 heavy (non-hydrogen) atoms. The van der Waals surface area contributed by atoms with Crippen LogP contribution in [0.2, 0.25) is 5.02 Å². The van der Waals surface area contributed by atoms with E-state index in [0.29, 0.717) is 33.2 Å². The molecule has 11 heteroatoms. The fourth-order valence-corrected chi connectivity index (χ4v) is 4.33. The van der Waals surface area contributed by atoms with Crippen LogP contribution >= 0.6 is 11.6 Å². The zero-order valence-electron chi connectivity index (χ0n) is 20.8. The van der Waals surface area contributed by atoms with Crippen molar-refractivity contribution in [2.45, 2.75) is 31.5 Å². The van der Waals surface area contributed by atoms with Gasteiger partial charge in [-0.2, -0.15) is 13.2 Å². The van der Waals surface area contributed by atoms with Gasteiger partial charge >= 0.3 is 6.18 Å². The van der Waals surface area contributed by atoms with Crippen LogP contribution in [-0.4, -0.2) is 53.1 Å². The third kappa shape index (κ3) is 5.70. The van der Waals surface area contributed by atoms with Gasteiger partial charge in [-0.15, -0.1) is 0 Å². The first kappa shape index (κ1) is 25.8. The summed E-state index contributed by atoms with van der Waals surface area (Å²) in [5, 5.41) is 6.03. The smallest absolute Gasteiger partial charge is 0.378 e. The number of rotatable bonds is 8. The molecule has 2 N–H and O–H groups in total. The van der Waals surface area contributed by atoms with E-state index in [1.165, 1.54) is 0 Å². The van der Waals surface area contributed by atoms with Gasteiger partial charge in [-0.25, -0.2) is 9.97 Å². The van der Waals surface area contributed by atoms with Crippen molar-refractivity contribution >= 4 is 34.7 Å². The Morgan fingerprint density at radius 3 is 2.47 bits per heavy atom. The van der Waals surface area contributed by atoms with Gasteiger partial charge in [0, 0.05) is 49.7 Å². The first-order valence-electron chi connectivity index (χ1n) is 12.2. The zero-order chi connectivity index (χ0) is 27.0. The molecule has 0 spiro atoms.